The minimum absolute atomic E-state index is 0.127. The van der Waals surface area contributed by atoms with Gasteiger partial charge in [-0.15, -0.1) is 0 Å². The Labute approximate surface area is 90.9 Å². The molecule has 3 N–H and O–H groups in total. The van der Waals surface area contributed by atoms with Crippen molar-refractivity contribution in [1.82, 2.24) is 0 Å². The van der Waals surface area contributed by atoms with E-state index in [-0.39, 0.29) is 17.9 Å². The van der Waals surface area contributed by atoms with Crippen molar-refractivity contribution in [3.05, 3.63) is 0 Å². The van der Waals surface area contributed by atoms with Gasteiger partial charge in [0.05, 0.1) is 24.9 Å². The topological polar surface area (TPSA) is 69.9 Å². The summed E-state index contributed by atoms with van der Waals surface area (Å²) < 4.78 is 5.63. The number of aliphatic hydroxyl groups is 3. The number of ether oxygens (including phenoxy) is 1. The second kappa shape index (κ2) is 4.37. The molecule has 1 fully saturated rings. The first-order chi connectivity index (χ1) is 6.79. The van der Waals surface area contributed by atoms with Crippen molar-refractivity contribution in [2.24, 2.45) is 11.3 Å². The molecule has 0 spiro atoms. The Bertz CT molecular complexity index is 209. The molecule has 1 saturated heterocycles. The summed E-state index contributed by atoms with van der Waals surface area (Å²) in [5.74, 6) is -0.247. The first-order valence-electron chi connectivity index (χ1n) is 5.41. The normalized spacial score (nSPS) is 43.0. The van der Waals surface area contributed by atoms with Crippen LogP contribution in [0.1, 0.15) is 27.7 Å². The Morgan fingerprint density at radius 1 is 1.13 bits per heavy atom. The molecule has 90 valence electrons. The summed E-state index contributed by atoms with van der Waals surface area (Å²) in [5.41, 5.74) is -0.256. The van der Waals surface area contributed by atoms with E-state index in [0.29, 0.717) is 0 Å². The van der Waals surface area contributed by atoms with Crippen molar-refractivity contribution in [2.45, 2.75) is 52.1 Å². The fraction of sp³-hybridized carbons (Fsp3) is 1.00. The average molecular weight is 218 g/mol. The van der Waals surface area contributed by atoms with Gasteiger partial charge >= 0.3 is 0 Å². The average Bonchev–Trinajstić information content (AvgIpc) is 2.13. The van der Waals surface area contributed by atoms with Gasteiger partial charge in [-0.25, -0.2) is 0 Å². The van der Waals surface area contributed by atoms with E-state index in [9.17, 15) is 10.2 Å². The molecule has 0 aromatic rings. The summed E-state index contributed by atoms with van der Waals surface area (Å²) in [6.45, 7) is 7.47. The molecule has 0 aromatic heterocycles. The van der Waals surface area contributed by atoms with E-state index in [2.05, 4.69) is 0 Å². The summed E-state index contributed by atoms with van der Waals surface area (Å²) in [4.78, 5) is 0. The molecule has 0 aliphatic carbocycles. The predicted molar refractivity (Wildman–Crippen MR) is 56.4 cm³/mol. The zero-order valence-corrected chi connectivity index (χ0v) is 9.84. The molecule has 1 rings (SSSR count). The third-order valence-electron chi connectivity index (χ3n) is 3.14. The van der Waals surface area contributed by atoms with Crippen molar-refractivity contribution >= 4 is 0 Å². The van der Waals surface area contributed by atoms with Crippen LogP contribution in [0.3, 0.4) is 0 Å². The molecule has 1 aliphatic heterocycles. The van der Waals surface area contributed by atoms with Crippen LogP contribution in [0.4, 0.5) is 0 Å². The molecule has 1 heterocycles. The smallest absolute Gasteiger partial charge is 0.107 e. The van der Waals surface area contributed by atoms with E-state index in [4.69, 9.17) is 9.84 Å². The summed E-state index contributed by atoms with van der Waals surface area (Å²) in [6, 6.07) is 0. The molecule has 1 aliphatic rings. The molecule has 15 heavy (non-hydrogen) atoms. The van der Waals surface area contributed by atoms with Gasteiger partial charge in [0.1, 0.15) is 6.10 Å². The zero-order chi connectivity index (χ0) is 11.8. The number of hydrogen-bond acceptors (Lipinski definition) is 4. The maximum atomic E-state index is 9.90. The number of rotatable bonds is 1. The lowest BCUT2D eigenvalue weighted by Gasteiger charge is -2.46. The van der Waals surface area contributed by atoms with Crippen LogP contribution in [0.2, 0.25) is 0 Å². The van der Waals surface area contributed by atoms with Crippen LogP contribution in [-0.4, -0.2) is 46.3 Å². The Hall–Kier alpha value is -0.160. The van der Waals surface area contributed by atoms with Crippen molar-refractivity contribution in [3.8, 4) is 0 Å². The van der Waals surface area contributed by atoms with Crippen LogP contribution >= 0.6 is 0 Å². The van der Waals surface area contributed by atoms with Crippen LogP contribution in [0.25, 0.3) is 0 Å². The van der Waals surface area contributed by atoms with E-state index in [1.54, 1.807) is 6.92 Å². The summed E-state index contributed by atoms with van der Waals surface area (Å²) >= 11 is 0. The van der Waals surface area contributed by atoms with Crippen molar-refractivity contribution in [3.63, 3.8) is 0 Å². The number of aliphatic hydroxyl groups excluding tert-OH is 3. The summed E-state index contributed by atoms with van der Waals surface area (Å²) in [5, 5.41) is 28.9. The van der Waals surface area contributed by atoms with E-state index < -0.39 is 24.4 Å². The maximum absolute atomic E-state index is 9.90. The lowest BCUT2D eigenvalue weighted by Crippen LogP contribution is -2.58. The highest BCUT2D eigenvalue weighted by Crippen LogP contribution is 2.34. The quantitative estimate of drug-likeness (QED) is 0.586. The molecule has 0 saturated carbocycles. The minimum Gasteiger partial charge on any atom is -0.394 e. The third kappa shape index (κ3) is 2.50. The molecule has 5 atom stereocenters. The Balaban J connectivity index is 2.83. The van der Waals surface area contributed by atoms with E-state index in [1.165, 1.54) is 0 Å². The third-order valence-corrected chi connectivity index (χ3v) is 3.14. The number of hydrogen-bond donors (Lipinski definition) is 3. The molecule has 0 aromatic carbocycles. The van der Waals surface area contributed by atoms with Gasteiger partial charge in [-0.3, -0.25) is 0 Å². The molecular formula is C11H22O4. The summed E-state index contributed by atoms with van der Waals surface area (Å²) in [7, 11) is 0. The van der Waals surface area contributed by atoms with Gasteiger partial charge in [0.25, 0.3) is 0 Å². The molecule has 0 unspecified atom stereocenters. The fourth-order valence-electron chi connectivity index (χ4n) is 2.03. The SMILES string of the molecule is C[C@H]1[C@H](O)[C@@H](O)[C@H](C(C)(C)C)O[C@@H]1CO. The van der Waals surface area contributed by atoms with Gasteiger partial charge in [-0.05, 0) is 5.41 Å². The highest BCUT2D eigenvalue weighted by molar-refractivity contribution is 4.94. The Morgan fingerprint density at radius 3 is 2.07 bits per heavy atom. The Kier molecular flexibility index (Phi) is 3.76. The van der Waals surface area contributed by atoms with Gasteiger partial charge in [0.2, 0.25) is 0 Å². The first-order valence-corrected chi connectivity index (χ1v) is 5.41. The van der Waals surface area contributed by atoms with Crippen LogP contribution in [-0.2, 0) is 4.74 Å². The lowest BCUT2D eigenvalue weighted by atomic mass is 9.78. The molecule has 4 nitrogen and oxygen atoms in total. The minimum atomic E-state index is -0.886. The maximum Gasteiger partial charge on any atom is 0.107 e. The zero-order valence-electron chi connectivity index (χ0n) is 9.84. The molecular weight excluding hydrogens is 196 g/mol. The highest BCUT2D eigenvalue weighted by Gasteiger charge is 2.46. The van der Waals surface area contributed by atoms with Crippen LogP contribution in [0, 0.1) is 11.3 Å². The molecule has 0 amide bonds. The molecule has 0 radical (unpaired) electrons. The van der Waals surface area contributed by atoms with Gasteiger partial charge < -0.3 is 20.1 Å². The van der Waals surface area contributed by atoms with Crippen molar-refractivity contribution in [1.29, 1.82) is 0 Å². The van der Waals surface area contributed by atoms with Crippen LogP contribution < -0.4 is 0 Å². The lowest BCUT2D eigenvalue weighted by molar-refractivity contribution is -0.229. The van der Waals surface area contributed by atoms with Gasteiger partial charge in [0, 0.05) is 5.92 Å². The largest absolute Gasteiger partial charge is 0.394 e. The van der Waals surface area contributed by atoms with Crippen LogP contribution in [0.5, 0.6) is 0 Å². The predicted octanol–water partition coefficient (Wildman–Crippen LogP) is 0.150. The van der Waals surface area contributed by atoms with Crippen molar-refractivity contribution in [2.75, 3.05) is 6.61 Å². The molecule has 0 bridgehead atoms. The van der Waals surface area contributed by atoms with E-state index >= 15 is 0 Å². The van der Waals surface area contributed by atoms with E-state index in [1.807, 2.05) is 20.8 Å². The van der Waals surface area contributed by atoms with E-state index in [0.717, 1.165) is 0 Å². The van der Waals surface area contributed by atoms with Crippen molar-refractivity contribution < 1.29 is 20.1 Å². The first kappa shape index (κ1) is 12.9. The summed E-state index contributed by atoms with van der Waals surface area (Å²) in [6.07, 6.45) is -2.56. The molecule has 4 heteroatoms. The second-order valence-electron chi connectivity index (χ2n) is 5.48. The second-order valence-corrected chi connectivity index (χ2v) is 5.48. The highest BCUT2D eigenvalue weighted by atomic mass is 16.5. The standard InChI is InChI=1S/C11H22O4/c1-6-7(5-12)15-10(11(2,3)4)9(14)8(6)13/h6-10,12-14H,5H2,1-4H3/t6-,7-,8+,9-,10-/m1/s1. The fourth-order valence-corrected chi connectivity index (χ4v) is 2.03. The van der Waals surface area contributed by atoms with Gasteiger partial charge in [0.15, 0.2) is 0 Å². The monoisotopic (exact) mass is 218 g/mol. The van der Waals surface area contributed by atoms with Gasteiger partial charge in [-0.2, -0.15) is 0 Å². The Morgan fingerprint density at radius 2 is 1.67 bits per heavy atom. The van der Waals surface area contributed by atoms with Gasteiger partial charge in [-0.1, -0.05) is 27.7 Å². The van der Waals surface area contributed by atoms with Crippen LogP contribution in [0.15, 0.2) is 0 Å².